The molecule has 1 heterocycles. The van der Waals surface area contributed by atoms with Crippen molar-refractivity contribution < 1.29 is 4.52 Å². The van der Waals surface area contributed by atoms with E-state index in [4.69, 9.17) is 4.52 Å². The summed E-state index contributed by atoms with van der Waals surface area (Å²) < 4.78 is 5.35. The summed E-state index contributed by atoms with van der Waals surface area (Å²) in [6.07, 6.45) is 2.06. The third kappa shape index (κ3) is 3.16. The van der Waals surface area contributed by atoms with Gasteiger partial charge in [-0.1, -0.05) is 12.1 Å². The predicted octanol–water partition coefficient (Wildman–Crippen LogP) is 3.17. The summed E-state index contributed by atoms with van der Waals surface area (Å²) in [5.74, 6) is 1.51. The summed E-state index contributed by atoms with van der Waals surface area (Å²) in [6.45, 7) is 4.18. The first kappa shape index (κ1) is 14.1. The summed E-state index contributed by atoms with van der Waals surface area (Å²) in [5, 5.41) is 7.26. The van der Waals surface area contributed by atoms with E-state index in [-0.39, 0.29) is 5.92 Å². The molecule has 1 aromatic carbocycles. The molecule has 102 valence electrons. The minimum absolute atomic E-state index is 0.191. The Hall–Kier alpha value is -1.33. The Morgan fingerprint density at radius 2 is 1.89 bits per heavy atom. The largest absolute Gasteiger partial charge is 0.339 e. The van der Waals surface area contributed by atoms with Crippen molar-refractivity contribution in [2.24, 2.45) is 0 Å². The summed E-state index contributed by atoms with van der Waals surface area (Å²) in [5.41, 5.74) is 0.983. The van der Waals surface area contributed by atoms with Gasteiger partial charge in [0, 0.05) is 16.5 Å². The molecule has 1 aromatic heterocycles. The molecule has 2 atom stereocenters. The molecule has 2 aromatic rings. The molecular weight excluding hydrogens is 258 g/mol. The minimum Gasteiger partial charge on any atom is -0.339 e. The zero-order valence-corrected chi connectivity index (χ0v) is 12.5. The van der Waals surface area contributed by atoms with Gasteiger partial charge in [-0.25, -0.2) is 0 Å². The van der Waals surface area contributed by atoms with Crippen molar-refractivity contribution in [2.75, 3.05) is 13.3 Å². The maximum absolute atomic E-state index is 5.35. The number of likely N-dealkylation sites (N-methyl/N-ethyl adjacent to an activating group) is 1. The van der Waals surface area contributed by atoms with Gasteiger partial charge in [-0.15, -0.1) is 11.8 Å². The van der Waals surface area contributed by atoms with Gasteiger partial charge in [0.2, 0.25) is 11.7 Å². The lowest BCUT2D eigenvalue weighted by molar-refractivity contribution is 0.336. The highest BCUT2D eigenvalue weighted by atomic mass is 32.2. The second-order valence-electron chi connectivity index (χ2n) is 4.55. The van der Waals surface area contributed by atoms with Crippen LogP contribution in [0.5, 0.6) is 0 Å². The number of rotatable bonds is 5. The molecule has 0 saturated heterocycles. The number of benzene rings is 1. The summed E-state index contributed by atoms with van der Waals surface area (Å²) >= 11 is 1.72. The molecule has 5 heteroatoms. The lowest BCUT2D eigenvalue weighted by atomic mass is 10.0. The smallest absolute Gasteiger partial charge is 0.231 e. The van der Waals surface area contributed by atoms with Gasteiger partial charge in [-0.3, -0.25) is 0 Å². The molecule has 0 bridgehead atoms. The van der Waals surface area contributed by atoms with Gasteiger partial charge in [-0.2, -0.15) is 4.98 Å². The van der Waals surface area contributed by atoms with Crippen LogP contribution < -0.4 is 5.32 Å². The van der Waals surface area contributed by atoms with Crippen LogP contribution in [0.15, 0.2) is 33.7 Å². The van der Waals surface area contributed by atoms with Crippen LogP contribution in [0.1, 0.15) is 25.7 Å². The molecule has 0 aliphatic carbocycles. The van der Waals surface area contributed by atoms with Crippen molar-refractivity contribution in [1.82, 2.24) is 15.5 Å². The van der Waals surface area contributed by atoms with Crippen LogP contribution in [0.2, 0.25) is 0 Å². The van der Waals surface area contributed by atoms with E-state index in [9.17, 15) is 0 Å². The second-order valence-corrected chi connectivity index (χ2v) is 5.43. The molecule has 0 spiro atoms. The molecule has 0 amide bonds. The summed E-state index contributed by atoms with van der Waals surface area (Å²) in [4.78, 5) is 5.71. The van der Waals surface area contributed by atoms with Crippen LogP contribution in [0.4, 0.5) is 0 Å². The third-order valence-electron chi connectivity index (χ3n) is 3.38. The Kier molecular flexibility index (Phi) is 4.61. The summed E-state index contributed by atoms with van der Waals surface area (Å²) in [7, 11) is 1.93. The SMILES string of the molecule is CNC(C)C(C)c1nc(-c2ccc(SC)cc2)no1. The topological polar surface area (TPSA) is 51.0 Å². The Labute approximate surface area is 118 Å². The van der Waals surface area contributed by atoms with E-state index >= 15 is 0 Å². The molecule has 2 rings (SSSR count). The molecule has 2 unspecified atom stereocenters. The molecule has 1 N–H and O–H groups in total. The molecule has 0 aliphatic rings. The Morgan fingerprint density at radius 1 is 1.21 bits per heavy atom. The molecule has 0 radical (unpaired) electrons. The standard InChI is InChI=1S/C14H19N3OS/c1-9(10(2)15-3)14-16-13(17-18-14)11-5-7-12(19-4)8-6-11/h5-10,15H,1-4H3. The van der Waals surface area contributed by atoms with E-state index in [0.29, 0.717) is 17.8 Å². The van der Waals surface area contributed by atoms with Crippen LogP contribution in [-0.4, -0.2) is 29.5 Å². The lowest BCUT2D eigenvalue weighted by Gasteiger charge is -2.14. The van der Waals surface area contributed by atoms with Crippen molar-refractivity contribution in [2.45, 2.75) is 30.7 Å². The number of hydrogen-bond acceptors (Lipinski definition) is 5. The second kappa shape index (κ2) is 6.21. The third-order valence-corrected chi connectivity index (χ3v) is 4.13. The highest BCUT2D eigenvalue weighted by Gasteiger charge is 2.19. The van der Waals surface area contributed by atoms with Crippen molar-refractivity contribution in [3.63, 3.8) is 0 Å². The maximum atomic E-state index is 5.35. The zero-order chi connectivity index (χ0) is 13.8. The fourth-order valence-corrected chi connectivity index (χ4v) is 2.15. The van der Waals surface area contributed by atoms with Gasteiger partial charge in [0.1, 0.15) is 0 Å². The number of hydrogen-bond donors (Lipinski definition) is 1. The number of aromatic nitrogens is 2. The van der Waals surface area contributed by atoms with Crippen LogP contribution >= 0.6 is 11.8 Å². The molecule has 19 heavy (non-hydrogen) atoms. The highest BCUT2D eigenvalue weighted by Crippen LogP contribution is 2.23. The van der Waals surface area contributed by atoms with Gasteiger partial charge in [0.25, 0.3) is 0 Å². The molecule has 0 fully saturated rings. The monoisotopic (exact) mass is 277 g/mol. The van der Waals surface area contributed by atoms with E-state index in [0.717, 1.165) is 5.56 Å². The quantitative estimate of drug-likeness (QED) is 0.851. The molecule has 4 nitrogen and oxygen atoms in total. The number of nitrogens with zero attached hydrogens (tertiary/aromatic N) is 2. The van der Waals surface area contributed by atoms with E-state index < -0.39 is 0 Å². The Balaban J connectivity index is 2.20. The van der Waals surface area contributed by atoms with Gasteiger partial charge in [0.05, 0.1) is 5.92 Å². The van der Waals surface area contributed by atoms with Gasteiger partial charge in [0.15, 0.2) is 0 Å². The normalized spacial score (nSPS) is 14.3. The van der Waals surface area contributed by atoms with Gasteiger partial charge < -0.3 is 9.84 Å². The molecule has 0 saturated carbocycles. The fourth-order valence-electron chi connectivity index (χ4n) is 1.74. The van der Waals surface area contributed by atoms with Gasteiger partial charge in [-0.05, 0) is 44.5 Å². The summed E-state index contributed by atoms with van der Waals surface area (Å²) in [6, 6.07) is 8.47. The minimum atomic E-state index is 0.191. The first-order valence-corrected chi connectivity index (χ1v) is 7.53. The first-order chi connectivity index (χ1) is 9.15. The van der Waals surface area contributed by atoms with E-state index in [2.05, 4.69) is 47.7 Å². The van der Waals surface area contributed by atoms with Crippen LogP contribution in [0.25, 0.3) is 11.4 Å². The average molecular weight is 277 g/mol. The zero-order valence-electron chi connectivity index (χ0n) is 11.7. The van der Waals surface area contributed by atoms with E-state index in [1.165, 1.54) is 4.90 Å². The fraction of sp³-hybridized carbons (Fsp3) is 0.429. The number of thioether (sulfide) groups is 1. The maximum Gasteiger partial charge on any atom is 0.231 e. The first-order valence-electron chi connectivity index (χ1n) is 6.31. The van der Waals surface area contributed by atoms with Crippen molar-refractivity contribution >= 4 is 11.8 Å². The lowest BCUT2D eigenvalue weighted by Crippen LogP contribution is -2.27. The predicted molar refractivity (Wildman–Crippen MR) is 78.5 cm³/mol. The van der Waals surface area contributed by atoms with Crippen molar-refractivity contribution in [1.29, 1.82) is 0 Å². The van der Waals surface area contributed by atoms with E-state index in [1.54, 1.807) is 11.8 Å². The van der Waals surface area contributed by atoms with E-state index in [1.807, 2.05) is 19.2 Å². The van der Waals surface area contributed by atoms with Gasteiger partial charge >= 0.3 is 0 Å². The van der Waals surface area contributed by atoms with Crippen molar-refractivity contribution in [3.8, 4) is 11.4 Å². The van der Waals surface area contributed by atoms with Crippen LogP contribution in [0, 0.1) is 0 Å². The molecular formula is C14H19N3OS. The number of nitrogens with one attached hydrogen (secondary N) is 1. The average Bonchev–Trinajstić information content (AvgIpc) is 2.95. The Morgan fingerprint density at radius 3 is 2.47 bits per heavy atom. The molecule has 0 aliphatic heterocycles. The Bertz CT molecular complexity index is 524. The highest BCUT2D eigenvalue weighted by molar-refractivity contribution is 7.98. The van der Waals surface area contributed by atoms with Crippen LogP contribution in [-0.2, 0) is 0 Å². The van der Waals surface area contributed by atoms with Crippen LogP contribution in [0.3, 0.4) is 0 Å². The van der Waals surface area contributed by atoms with Crippen molar-refractivity contribution in [3.05, 3.63) is 30.2 Å².